The maximum atomic E-state index is 15.0. The second-order valence-electron chi connectivity index (χ2n) is 6.96. The number of alkyl carbamates (subject to hydrolysis) is 1. The zero-order valence-corrected chi connectivity index (χ0v) is 19.7. The third-order valence-electron chi connectivity index (χ3n) is 4.70. The van der Waals surface area contributed by atoms with E-state index in [0.717, 1.165) is 11.3 Å². The second kappa shape index (κ2) is 11.8. The topological polar surface area (TPSA) is 117 Å². The molecule has 3 rings (SSSR count). The standard InChI is InChI=1S/C21H22ClFN4O6S/c1-2-33-21(31)25-15(11-24-19(29)16-7-8-17(22)34-16)20(30)27(23)14-5-3-13(4-6-14)26-9-10-32-12-18(26)28/h3-8,15H,2,9-12H2,1H3,(H,24,29)(H,25,31)/t15-/m1/s1. The van der Waals surface area contributed by atoms with E-state index in [2.05, 4.69) is 10.6 Å². The van der Waals surface area contributed by atoms with Crippen LogP contribution in [-0.4, -0.2) is 62.8 Å². The van der Waals surface area contributed by atoms with Gasteiger partial charge in [-0.25, -0.2) is 4.79 Å². The molecule has 1 fully saturated rings. The van der Waals surface area contributed by atoms with Crippen LogP contribution in [0.1, 0.15) is 16.6 Å². The van der Waals surface area contributed by atoms with Crippen molar-refractivity contribution in [3.05, 3.63) is 45.6 Å². The maximum absolute atomic E-state index is 15.0. The van der Waals surface area contributed by atoms with Gasteiger partial charge in [-0.15, -0.1) is 16.5 Å². The summed E-state index contributed by atoms with van der Waals surface area (Å²) in [4.78, 5) is 50.7. The van der Waals surface area contributed by atoms with E-state index in [1.165, 1.54) is 41.3 Å². The third-order valence-corrected chi connectivity index (χ3v) is 5.93. The molecule has 2 N–H and O–H groups in total. The zero-order chi connectivity index (χ0) is 24.7. The lowest BCUT2D eigenvalue weighted by molar-refractivity contribution is -0.125. The van der Waals surface area contributed by atoms with Gasteiger partial charge >= 0.3 is 6.09 Å². The fourth-order valence-electron chi connectivity index (χ4n) is 3.05. The number of hydrogen-bond acceptors (Lipinski definition) is 7. The monoisotopic (exact) mass is 512 g/mol. The summed E-state index contributed by atoms with van der Waals surface area (Å²) in [6.07, 6.45) is -0.941. The molecule has 2 heterocycles. The van der Waals surface area contributed by atoms with Crippen LogP contribution in [0.4, 0.5) is 20.7 Å². The molecule has 0 bridgehead atoms. The van der Waals surface area contributed by atoms with Gasteiger partial charge in [-0.2, -0.15) is 0 Å². The van der Waals surface area contributed by atoms with Gasteiger partial charge < -0.3 is 25.0 Å². The normalized spacial score (nSPS) is 14.3. The summed E-state index contributed by atoms with van der Waals surface area (Å²) >= 11 is 6.86. The van der Waals surface area contributed by atoms with Crippen LogP contribution >= 0.6 is 22.9 Å². The molecule has 13 heteroatoms. The molecule has 0 spiro atoms. The lowest BCUT2D eigenvalue weighted by Gasteiger charge is -2.27. The summed E-state index contributed by atoms with van der Waals surface area (Å²) in [7, 11) is 0. The Kier molecular flexibility index (Phi) is 8.79. The molecular formula is C21H22ClFN4O6S. The van der Waals surface area contributed by atoms with Gasteiger partial charge in [-0.05, 0) is 43.3 Å². The van der Waals surface area contributed by atoms with Crippen molar-refractivity contribution in [1.82, 2.24) is 10.6 Å². The molecule has 1 saturated heterocycles. The Hall–Kier alpha value is -3.22. The number of rotatable bonds is 8. The van der Waals surface area contributed by atoms with E-state index < -0.39 is 30.5 Å². The van der Waals surface area contributed by atoms with E-state index in [1.807, 2.05) is 0 Å². The first kappa shape index (κ1) is 25.4. The number of benzene rings is 1. The van der Waals surface area contributed by atoms with Crippen LogP contribution in [0.15, 0.2) is 36.4 Å². The molecule has 10 nitrogen and oxygen atoms in total. The van der Waals surface area contributed by atoms with Gasteiger partial charge in [0, 0.05) is 18.8 Å². The van der Waals surface area contributed by atoms with Crippen LogP contribution in [-0.2, 0) is 19.1 Å². The first-order valence-corrected chi connectivity index (χ1v) is 11.4. The van der Waals surface area contributed by atoms with Crippen molar-refractivity contribution in [1.29, 1.82) is 0 Å². The minimum atomic E-state index is -1.45. The number of hydrogen-bond donors (Lipinski definition) is 2. The van der Waals surface area contributed by atoms with Gasteiger partial charge in [0.1, 0.15) is 12.6 Å². The van der Waals surface area contributed by atoms with E-state index in [0.29, 0.717) is 23.2 Å². The molecule has 1 aliphatic rings. The molecule has 1 atom stereocenters. The average Bonchev–Trinajstić information content (AvgIpc) is 3.27. The quantitative estimate of drug-likeness (QED) is 0.525. The largest absolute Gasteiger partial charge is 0.450 e. The van der Waals surface area contributed by atoms with Crippen LogP contribution in [0.3, 0.4) is 0 Å². The summed E-state index contributed by atoms with van der Waals surface area (Å²) in [6.45, 7) is 1.91. The SMILES string of the molecule is CCOC(=O)N[C@H](CNC(=O)c1ccc(Cl)s1)C(=O)N(F)c1ccc(N2CCOCC2=O)cc1. The molecular weight excluding hydrogens is 491 g/mol. The molecule has 0 aliphatic carbocycles. The highest BCUT2D eigenvalue weighted by Crippen LogP contribution is 2.23. The van der Waals surface area contributed by atoms with Crippen molar-refractivity contribution in [2.75, 3.05) is 42.9 Å². The Morgan fingerprint density at radius 3 is 2.62 bits per heavy atom. The van der Waals surface area contributed by atoms with E-state index >= 15 is 0 Å². The second-order valence-corrected chi connectivity index (χ2v) is 8.68. The van der Waals surface area contributed by atoms with Crippen LogP contribution in [0, 0.1) is 0 Å². The number of carbonyl (C=O) groups excluding carboxylic acids is 4. The lowest BCUT2D eigenvalue weighted by atomic mass is 10.2. The molecule has 1 aromatic heterocycles. The van der Waals surface area contributed by atoms with E-state index in [-0.39, 0.29) is 34.8 Å². The molecule has 0 unspecified atom stereocenters. The average molecular weight is 513 g/mol. The number of nitrogens with zero attached hydrogens (tertiary/aromatic N) is 2. The highest BCUT2D eigenvalue weighted by molar-refractivity contribution is 7.18. The summed E-state index contributed by atoms with van der Waals surface area (Å²) in [5.74, 6) is -1.90. The van der Waals surface area contributed by atoms with E-state index in [4.69, 9.17) is 21.1 Å². The van der Waals surface area contributed by atoms with Crippen LogP contribution in [0.25, 0.3) is 0 Å². The summed E-state index contributed by atoms with van der Waals surface area (Å²) < 4.78 is 25.2. The highest BCUT2D eigenvalue weighted by Gasteiger charge is 2.29. The number of ether oxygens (including phenoxy) is 2. The van der Waals surface area contributed by atoms with E-state index in [1.54, 1.807) is 6.92 Å². The number of morpholine rings is 1. The van der Waals surface area contributed by atoms with Crippen molar-refractivity contribution >= 4 is 58.1 Å². The van der Waals surface area contributed by atoms with Crippen LogP contribution < -0.4 is 20.7 Å². The first-order chi connectivity index (χ1) is 16.3. The fraction of sp³-hybridized carbons (Fsp3) is 0.333. The Labute approximate surface area is 203 Å². The van der Waals surface area contributed by atoms with Gasteiger partial charge in [0.25, 0.3) is 17.7 Å². The Morgan fingerprint density at radius 2 is 2.00 bits per heavy atom. The Balaban J connectivity index is 1.70. The molecule has 1 aliphatic heterocycles. The van der Waals surface area contributed by atoms with Crippen molar-refractivity contribution in [2.45, 2.75) is 13.0 Å². The van der Waals surface area contributed by atoms with Crippen LogP contribution in [0.5, 0.6) is 0 Å². The Bertz CT molecular complexity index is 1050. The van der Waals surface area contributed by atoms with Gasteiger partial charge in [-0.1, -0.05) is 16.1 Å². The minimum absolute atomic E-state index is 0.0356. The first-order valence-electron chi connectivity index (χ1n) is 10.2. The number of halogens is 2. The van der Waals surface area contributed by atoms with Gasteiger partial charge in [0.15, 0.2) is 0 Å². The van der Waals surface area contributed by atoms with Gasteiger partial charge in [-0.3, -0.25) is 14.4 Å². The fourth-order valence-corrected chi connectivity index (χ4v) is 4.01. The highest BCUT2D eigenvalue weighted by atomic mass is 35.5. The van der Waals surface area contributed by atoms with E-state index in [9.17, 15) is 23.7 Å². The molecule has 1 aromatic carbocycles. The summed E-state index contributed by atoms with van der Waals surface area (Å²) in [5.41, 5.74) is 0.405. The maximum Gasteiger partial charge on any atom is 0.407 e. The Morgan fingerprint density at radius 1 is 1.26 bits per heavy atom. The number of nitrogens with one attached hydrogen (secondary N) is 2. The predicted octanol–water partition coefficient (Wildman–Crippen LogP) is 2.53. The molecule has 182 valence electrons. The molecule has 0 saturated carbocycles. The molecule has 4 amide bonds. The van der Waals surface area contributed by atoms with Crippen LogP contribution in [0.2, 0.25) is 4.34 Å². The van der Waals surface area contributed by atoms with Crippen molar-refractivity contribution < 1.29 is 33.1 Å². The number of carbonyl (C=O) groups is 4. The zero-order valence-electron chi connectivity index (χ0n) is 18.1. The molecule has 2 aromatic rings. The van der Waals surface area contributed by atoms with Gasteiger partial charge in [0.2, 0.25) is 0 Å². The smallest absolute Gasteiger partial charge is 0.407 e. The number of anilines is 2. The summed E-state index contributed by atoms with van der Waals surface area (Å²) in [6, 6.07) is 7.22. The summed E-state index contributed by atoms with van der Waals surface area (Å²) in [5, 5.41) is 4.59. The molecule has 34 heavy (non-hydrogen) atoms. The third kappa shape index (κ3) is 6.43. The molecule has 0 radical (unpaired) electrons. The van der Waals surface area contributed by atoms with Crippen molar-refractivity contribution in [2.24, 2.45) is 0 Å². The number of thiophene rings is 1. The minimum Gasteiger partial charge on any atom is -0.450 e. The van der Waals surface area contributed by atoms with Crippen molar-refractivity contribution in [3.63, 3.8) is 0 Å². The van der Waals surface area contributed by atoms with Gasteiger partial charge in [0.05, 0.1) is 28.1 Å². The van der Waals surface area contributed by atoms with Crippen molar-refractivity contribution in [3.8, 4) is 0 Å². The predicted molar refractivity (Wildman–Crippen MR) is 124 cm³/mol. The lowest BCUT2D eigenvalue weighted by Crippen LogP contribution is -2.52. The number of amides is 4.